The van der Waals surface area contributed by atoms with Crippen molar-refractivity contribution in [3.8, 4) is 5.75 Å². The van der Waals surface area contributed by atoms with E-state index in [-0.39, 0.29) is 6.10 Å². The molecule has 1 saturated carbocycles. The van der Waals surface area contributed by atoms with Crippen molar-refractivity contribution in [1.29, 1.82) is 0 Å². The summed E-state index contributed by atoms with van der Waals surface area (Å²) in [6.07, 6.45) is 3.17. The third-order valence-electron chi connectivity index (χ3n) is 3.56. The van der Waals surface area contributed by atoms with E-state index in [9.17, 15) is 5.11 Å². The van der Waals surface area contributed by atoms with Crippen molar-refractivity contribution >= 4 is 0 Å². The predicted molar refractivity (Wildman–Crippen MR) is 72.7 cm³/mol. The monoisotopic (exact) mass is 249 g/mol. The first kappa shape index (κ1) is 13.4. The zero-order chi connectivity index (χ0) is 12.8. The summed E-state index contributed by atoms with van der Waals surface area (Å²) in [6.45, 7) is 4.43. The maximum Gasteiger partial charge on any atom is 0.119 e. The van der Waals surface area contributed by atoms with Gasteiger partial charge in [-0.3, -0.25) is 0 Å². The lowest BCUT2D eigenvalue weighted by Crippen LogP contribution is -2.27. The number of ether oxygens (including phenoxy) is 1. The molecule has 18 heavy (non-hydrogen) atoms. The van der Waals surface area contributed by atoms with Crippen LogP contribution in [0, 0.1) is 5.92 Å². The fourth-order valence-electron chi connectivity index (χ4n) is 2.57. The van der Waals surface area contributed by atoms with Gasteiger partial charge in [0.05, 0.1) is 12.7 Å². The number of nitrogens with one attached hydrogen (secondary N) is 1. The van der Waals surface area contributed by atoms with Crippen molar-refractivity contribution in [1.82, 2.24) is 5.32 Å². The minimum absolute atomic E-state index is 0.104. The van der Waals surface area contributed by atoms with Crippen LogP contribution in [0.15, 0.2) is 24.3 Å². The molecule has 0 saturated heterocycles. The van der Waals surface area contributed by atoms with Gasteiger partial charge in [-0.25, -0.2) is 0 Å². The Kier molecular flexibility index (Phi) is 5.02. The number of rotatable bonds is 6. The molecule has 1 aromatic rings. The summed E-state index contributed by atoms with van der Waals surface area (Å²) in [6, 6.07) is 8.17. The molecule has 2 unspecified atom stereocenters. The van der Waals surface area contributed by atoms with Crippen molar-refractivity contribution in [3.05, 3.63) is 29.8 Å². The predicted octanol–water partition coefficient (Wildman–Crippen LogP) is 2.34. The van der Waals surface area contributed by atoms with Crippen LogP contribution in [-0.2, 0) is 6.54 Å². The number of aliphatic hydroxyl groups is 1. The maximum atomic E-state index is 9.74. The van der Waals surface area contributed by atoms with Crippen LogP contribution < -0.4 is 10.1 Å². The van der Waals surface area contributed by atoms with E-state index in [1.165, 1.54) is 5.56 Å². The molecule has 0 amide bonds. The summed E-state index contributed by atoms with van der Waals surface area (Å²) in [5.74, 6) is 1.36. The molecule has 1 fully saturated rings. The summed E-state index contributed by atoms with van der Waals surface area (Å²) in [5, 5.41) is 13.2. The minimum atomic E-state index is -0.104. The summed E-state index contributed by atoms with van der Waals surface area (Å²) in [5.41, 5.74) is 1.23. The van der Waals surface area contributed by atoms with E-state index < -0.39 is 0 Å². The average Bonchev–Trinajstić information content (AvgIpc) is 2.76. The lowest BCUT2D eigenvalue weighted by molar-refractivity contribution is 0.131. The lowest BCUT2D eigenvalue weighted by atomic mass is 10.1. The molecule has 0 aliphatic heterocycles. The molecule has 1 aromatic carbocycles. The second kappa shape index (κ2) is 6.76. The smallest absolute Gasteiger partial charge is 0.119 e. The van der Waals surface area contributed by atoms with Crippen LogP contribution in [0.5, 0.6) is 5.75 Å². The Morgan fingerprint density at radius 2 is 2.28 bits per heavy atom. The van der Waals surface area contributed by atoms with Crippen molar-refractivity contribution < 1.29 is 9.84 Å². The topological polar surface area (TPSA) is 41.5 Å². The standard InChI is InChI=1S/C15H23NO2/c1-2-18-14-7-3-5-12(9-14)10-16-11-13-6-4-8-15(13)17/h3,5,7,9,13,15-17H,2,4,6,8,10-11H2,1H3. The van der Waals surface area contributed by atoms with Crippen LogP contribution in [0.25, 0.3) is 0 Å². The maximum absolute atomic E-state index is 9.74. The Hall–Kier alpha value is -1.06. The minimum Gasteiger partial charge on any atom is -0.494 e. The van der Waals surface area contributed by atoms with Crippen LogP contribution in [0.4, 0.5) is 0 Å². The highest BCUT2D eigenvalue weighted by molar-refractivity contribution is 5.28. The van der Waals surface area contributed by atoms with Crippen LogP contribution >= 0.6 is 0 Å². The number of hydrogen-bond donors (Lipinski definition) is 2. The highest BCUT2D eigenvalue weighted by Crippen LogP contribution is 2.24. The van der Waals surface area contributed by atoms with Gasteiger partial charge >= 0.3 is 0 Å². The Bertz CT molecular complexity index is 367. The fraction of sp³-hybridized carbons (Fsp3) is 0.600. The Balaban J connectivity index is 1.77. The SMILES string of the molecule is CCOc1cccc(CNCC2CCCC2O)c1. The van der Waals surface area contributed by atoms with E-state index in [2.05, 4.69) is 17.4 Å². The third kappa shape index (κ3) is 3.72. The van der Waals surface area contributed by atoms with Gasteiger partial charge in [-0.05, 0) is 43.4 Å². The van der Waals surface area contributed by atoms with Crippen LogP contribution in [-0.4, -0.2) is 24.4 Å². The van der Waals surface area contributed by atoms with E-state index in [1.54, 1.807) is 0 Å². The van der Waals surface area contributed by atoms with Gasteiger partial charge in [0.25, 0.3) is 0 Å². The van der Waals surface area contributed by atoms with Crippen molar-refractivity contribution in [2.45, 2.75) is 38.8 Å². The molecule has 1 aliphatic rings. The highest BCUT2D eigenvalue weighted by atomic mass is 16.5. The molecule has 1 aliphatic carbocycles. The summed E-state index contributed by atoms with van der Waals surface area (Å²) >= 11 is 0. The van der Waals surface area contributed by atoms with Gasteiger partial charge in [-0.15, -0.1) is 0 Å². The first-order chi connectivity index (χ1) is 8.79. The van der Waals surface area contributed by atoms with Gasteiger partial charge in [0, 0.05) is 13.1 Å². The molecule has 0 heterocycles. The molecule has 0 bridgehead atoms. The lowest BCUT2D eigenvalue weighted by Gasteiger charge is -2.15. The molecule has 2 atom stereocenters. The fourth-order valence-corrected chi connectivity index (χ4v) is 2.57. The summed E-state index contributed by atoms with van der Waals surface area (Å²) < 4.78 is 5.48. The van der Waals surface area contributed by atoms with Gasteiger partial charge in [-0.2, -0.15) is 0 Å². The summed E-state index contributed by atoms with van der Waals surface area (Å²) in [4.78, 5) is 0. The first-order valence-electron chi connectivity index (χ1n) is 6.90. The highest BCUT2D eigenvalue weighted by Gasteiger charge is 2.24. The van der Waals surface area contributed by atoms with E-state index in [1.807, 2.05) is 19.1 Å². The van der Waals surface area contributed by atoms with E-state index in [4.69, 9.17) is 4.74 Å². The Morgan fingerprint density at radius 1 is 1.39 bits per heavy atom. The van der Waals surface area contributed by atoms with Gasteiger partial charge in [-0.1, -0.05) is 18.6 Å². The molecule has 0 spiro atoms. The van der Waals surface area contributed by atoms with Crippen molar-refractivity contribution in [3.63, 3.8) is 0 Å². The molecule has 2 rings (SSSR count). The zero-order valence-corrected chi connectivity index (χ0v) is 11.1. The molecule has 100 valence electrons. The van der Waals surface area contributed by atoms with E-state index >= 15 is 0 Å². The quantitative estimate of drug-likeness (QED) is 0.813. The largest absolute Gasteiger partial charge is 0.494 e. The molecule has 0 radical (unpaired) electrons. The number of hydrogen-bond acceptors (Lipinski definition) is 3. The zero-order valence-electron chi connectivity index (χ0n) is 11.1. The van der Waals surface area contributed by atoms with Crippen molar-refractivity contribution in [2.24, 2.45) is 5.92 Å². The molecule has 0 aromatic heterocycles. The molecular weight excluding hydrogens is 226 g/mol. The van der Waals surface area contributed by atoms with Crippen LogP contribution in [0.1, 0.15) is 31.7 Å². The van der Waals surface area contributed by atoms with E-state index in [0.29, 0.717) is 12.5 Å². The third-order valence-corrected chi connectivity index (χ3v) is 3.56. The molecule has 3 nitrogen and oxygen atoms in total. The molecular formula is C15H23NO2. The average molecular weight is 249 g/mol. The van der Waals surface area contributed by atoms with Gasteiger partial charge in [0.2, 0.25) is 0 Å². The Morgan fingerprint density at radius 3 is 3.00 bits per heavy atom. The summed E-state index contributed by atoms with van der Waals surface area (Å²) in [7, 11) is 0. The second-order valence-corrected chi connectivity index (χ2v) is 4.97. The number of aliphatic hydroxyl groups excluding tert-OH is 1. The van der Waals surface area contributed by atoms with Crippen LogP contribution in [0.3, 0.4) is 0 Å². The Labute approximate surface area is 109 Å². The first-order valence-corrected chi connectivity index (χ1v) is 6.90. The van der Waals surface area contributed by atoms with Crippen molar-refractivity contribution in [2.75, 3.05) is 13.2 Å². The van der Waals surface area contributed by atoms with Crippen LogP contribution in [0.2, 0.25) is 0 Å². The number of benzene rings is 1. The normalized spacial score (nSPS) is 23.2. The van der Waals surface area contributed by atoms with Gasteiger partial charge in [0.15, 0.2) is 0 Å². The van der Waals surface area contributed by atoms with Gasteiger partial charge in [0.1, 0.15) is 5.75 Å². The van der Waals surface area contributed by atoms with E-state index in [0.717, 1.165) is 38.1 Å². The van der Waals surface area contributed by atoms with Gasteiger partial charge < -0.3 is 15.2 Å². The second-order valence-electron chi connectivity index (χ2n) is 4.97. The molecule has 3 heteroatoms. The molecule has 2 N–H and O–H groups in total.